The Balaban J connectivity index is 1.71. The number of alkyl halides is 3. The Morgan fingerprint density at radius 1 is 1.24 bits per heavy atom. The van der Waals surface area contributed by atoms with E-state index in [-0.39, 0.29) is 6.42 Å². The van der Waals surface area contributed by atoms with Crippen molar-refractivity contribution in [3.05, 3.63) is 47.9 Å². The first kappa shape index (κ1) is 16.6. The molecule has 1 aliphatic carbocycles. The fourth-order valence-electron chi connectivity index (χ4n) is 3.58. The zero-order chi connectivity index (χ0) is 17.7. The predicted octanol–water partition coefficient (Wildman–Crippen LogP) is 2.70. The third kappa shape index (κ3) is 2.65. The van der Waals surface area contributed by atoms with Crippen LogP contribution in [-0.4, -0.2) is 41.6 Å². The summed E-state index contributed by atoms with van der Waals surface area (Å²) in [4.78, 5) is 5.59. The molecule has 134 valence electrons. The molecular formula is C17H17F3N2O3. The van der Waals surface area contributed by atoms with Gasteiger partial charge in [-0.2, -0.15) is 13.2 Å². The average Bonchev–Trinajstić information content (AvgIpc) is 3.22. The van der Waals surface area contributed by atoms with Crippen LogP contribution in [0.3, 0.4) is 0 Å². The molecule has 0 saturated carbocycles. The molecule has 5 nitrogen and oxygen atoms in total. The zero-order valence-electron chi connectivity index (χ0n) is 13.2. The summed E-state index contributed by atoms with van der Waals surface area (Å²) >= 11 is 0. The van der Waals surface area contributed by atoms with Gasteiger partial charge in [-0.1, -0.05) is 12.2 Å². The summed E-state index contributed by atoms with van der Waals surface area (Å²) in [5.41, 5.74) is -1.24. The highest BCUT2D eigenvalue weighted by Crippen LogP contribution is 2.50. The second-order valence-corrected chi connectivity index (χ2v) is 6.37. The molecule has 1 aromatic heterocycles. The SMILES string of the molecule is OC1(C(F)(F)F)CN(c2cncc(C3OCCO3)c2)C2=CC=CCC21. The largest absolute Gasteiger partial charge is 0.419 e. The van der Waals surface area contributed by atoms with Crippen LogP contribution in [0.5, 0.6) is 0 Å². The number of ether oxygens (including phenoxy) is 2. The van der Waals surface area contributed by atoms with Crippen LogP contribution in [0.2, 0.25) is 0 Å². The van der Waals surface area contributed by atoms with E-state index < -0.39 is 30.5 Å². The summed E-state index contributed by atoms with van der Waals surface area (Å²) in [5, 5.41) is 10.4. The molecule has 2 atom stereocenters. The molecule has 2 fully saturated rings. The second-order valence-electron chi connectivity index (χ2n) is 6.37. The quantitative estimate of drug-likeness (QED) is 0.885. The lowest BCUT2D eigenvalue weighted by atomic mass is 9.83. The lowest BCUT2D eigenvalue weighted by molar-refractivity contribution is -0.264. The number of hydrogen-bond acceptors (Lipinski definition) is 5. The van der Waals surface area contributed by atoms with E-state index in [1.54, 1.807) is 30.5 Å². The topological polar surface area (TPSA) is 54.8 Å². The van der Waals surface area contributed by atoms with Crippen molar-refractivity contribution in [3.63, 3.8) is 0 Å². The highest BCUT2D eigenvalue weighted by molar-refractivity contribution is 5.58. The van der Waals surface area contributed by atoms with E-state index in [1.165, 1.54) is 11.1 Å². The van der Waals surface area contributed by atoms with Crippen molar-refractivity contribution in [2.45, 2.75) is 24.5 Å². The third-order valence-corrected chi connectivity index (χ3v) is 4.86. The maximum absolute atomic E-state index is 13.5. The molecule has 0 bridgehead atoms. The molecule has 2 aliphatic heterocycles. The van der Waals surface area contributed by atoms with Crippen molar-refractivity contribution < 1.29 is 27.8 Å². The summed E-state index contributed by atoms with van der Waals surface area (Å²) < 4.78 is 51.5. The molecule has 0 amide bonds. The molecule has 0 radical (unpaired) electrons. The summed E-state index contributed by atoms with van der Waals surface area (Å²) in [6.07, 6.45) is 2.87. The van der Waals surface area contributed by atoms with Gasteiger partial charge in [0.25, 0.3) is 0 Å². The standard InChI is InChI=1S/C17H17F3N2O3/c18-17(19,20)16(23)10-22(14-4-2-1-3-13(14)16)12-7-11(8-21-9-12)15-24-5-6-25-15/h1-2,4,7-9,13,15,23H,3,5-6,10H2. The molecule has 2 saturated heterocycles. The van der Waals surface area contributed by atoms with Gasteiger partial charge in [0.2, 0.25) is 0 Å². The average molecular weight is 354 g/mol. The number of halogens is 3. The van der Waals surface area contributed by atoms with Crippen molar-refractivity contribution in [2.24, 2.45) is 5.92 Å². The van der Waals surface area contributed by atoms with Gasteiger partial charge in [-0.3, -0.25) is 4.98 Å². The number of allylic oxidation sites excluding steroid dienone is 3. The van der Waals surface area contributed by atoms with Gasteiger partial charge in [0, 0.05) is 23.4 Å². The first-order valence-electron chi connectivity index (χ1n) is 8.02. The van der Waals surface area contributed by atoms with Crippen molar-refractivity contribution in [3.8, 4) is 0 Å². The number of pyridine rings is 1. The van der Waals surface area contributed by atoms with Gasteiger partial charge in [0.1, 0.15) is 0 Å². The first-order valence-corrected chi connectivity index (χ1v) is 8.02. The van der Waals surface area contributed by atoms with Crippen LogP contribution in [0.25, 0.3) is 0 Å². The van der Waals surface area contributed by atoms with Crippen LogP contribution >= 0.6 is 0 Å². The minimum absolute atomic E-state index is 0.139. The number of β-amino-alcohol motifs (C(OH)–C–C–N with tert-alkyl or cyclic N) is 1. The van der Waals surface area contributed by atoms with E-state index in [9.17, 15) is 18.3 Å². The van der Waals surface area contributed by atoms with Crippen molar-refractivity contribution in [1.82, 2.24) is 4.98 Å². The number of rotatable bonds is 2. The first-order chi connectivity index (χ1) is 11.9. The minimum Gasteiger partial charge on any atom is -0.378 e. The molecule has 0 aromatic carbocycles. The highest BCUT2D eigenvalue weighted by Gasteiger charge is 2.64. The van der Waals surface area contributed by atoms with Gasteiger partial charge in [0.05, 0.1) is 31.6 Å². The van der Waals surface area contributed by atoms with Gasteiger partial charge in [-0.15, -0.1) is 0 Å². The van der Waals surface area contributed by atoms with Gasteiger partial charge in [0.15, 0.2) is 11.9 Å². The highest BCUT2D eigenvalue weighted by atomic mass is 19.4. The smallest absolute Gasteiger partial charge is 0.378 e. The van der Waals surface area contributed by atoms with Gasteiger partial charge < -0.3 is 19.5 Å². The van der Waals surface area contributed by atoms with Crippen LogP contribution < -0.4 is 4.90 Å². The van der Waals surface area contributed by atoms with Gasteiger partial charge >= 0.3 is 6.18 Å². The van der Waals surface area contributed by atoms with Crippen molar-refractivity contribution in [1.29, 1.82) is 0 Å². The number of nitrogens with zero attached hydrogens (tertiary/aromatic N) is 2. The number of aromatic nitrogens is 1. The Morgan fingerprint density at radius 3 is 2.72 bits per heavy atom. The third-order valence-electron chi connectivity index (χ3n) is 4.86. The van der Waals surface area contributed by atoms with Crippen LogP contribution in [0.15, 0.2) is 42.4 Å². The Bertz CT molecular complexity index is 728. The molecule has 25 heavy (non-hydrogen) atoms. The van der Waals surface area contributed by atoms with Crippen molar-refractivity contribution in [2.75, 3.05) is 24.7 Å². The van der Waals surface area contributed by atoms with Crippen LogP contribution in [0, 0.1) is 5.92 Å². The normalized spacial score (nSPS) is 29.8. The number of hydrogen-bond donors (Lipinski definition) is 1. The number of fused-ring (bicyclic) bond motifs is 1. The lowest BCUT2D eigenvalue weighted by Gasteiger charge is -2.31. The Hall–Kier alpha value is -1.90. The van der Waals surface area contributed by atoms with E-state index >= 15 is 0 Å². The Morgan fingerprint density at radius 2 is 2.00 bits per heavy atom. The fraction of sp³-hybridized carbons (Fsp3) is 0.471. The zero-order valence-corrected chi connectivity index (χ0v) is 13.2. The van der Waals surface area contributed by atoms with Crippen molar-refractivity contribution >= 4 is 5.69 Å². The summed E-state index contributed by atoms with van der Waals surface area (Å²) in [6.45, 7) is 0.362. The molecule has 3 aliphatic rings. The molecule has 1 N–H and O–H groups in total. The summed E-state index contributed by atoms with van der Waals surface area (Å²) in [7, 11) is 0. The van der Waals surface area contributed by atoms with Gasteiger partial charge in [-0.25, -0.2) is 0 Å². The molecule has 3 heterocycles. The fourth-order valence-corrected chi connectivity index (χ4v) is 3.58. The molecular weight excluding hydrogens is 337 g/mol. The molecule has 8 heteroatoms. The van der Waals surface area contributed by atoms with E-state index in [4.69, 9.17) is 9.47 Å². The maximum Gasteiger partial charge on any atom is 0.419 e. The van der Waals surface area contributed by atoms with Crippen LogP contribution in [0.1, 0.15) is 18.3 Å². The molecule has 2 unspecified atom stereocenters. The van der Waals surface area contributed by atoms with Crippen LogP contribution in [0.4, 0.5) is 18.9 Å². The van der Waals surface area contributed by atoms with E-state index in [0.717, 1.165) is 0 Å². The predicted molar refractivity (Wildman–Crippen MR) is 82.6 cm³/mol. The maximum atomic E-state index is 13.5. The van der Waals surface area contributed by atoms with Crippen LogP contribution in [-0.2, 0) is 9.47 Å². The second kappa shape index (κ2) is 5.82. The van der Waals surface area contributed by atoms with E-state index in [1.807, 2.05) is 0 Å². The molecule has 1 aromatic rings. The monoisotopic (exact) mass is 354 g/mol. The summed E-state index contributed by atoms with van der Waals surface area (Å²) in [5.74, 6) is -1.03. The summed E-state index contributed by atoms with van der Waals surface area (Å²) in [6, 6.07) is 1.70. The Labute approximate surface area is 142 Å². The minimum atomic E-state index is -4.72. The number of aliphatic hydroxyl groups is 1. The van der Waals surface area contributed by atoms with E-state index in [0.29, 0.717) is 30.2 Å². The Kier molecular flexibility index (Phi) is 3.86. The van der Waals surface area contributed by atoms with E-state index in [2.05, 4.69) is 4.98 Å². The molecule has 4 rings (SSSR count). The lowest BCUT2D eigenvalue weighted by Crippen LogP contribution is -2.51. The number of anilines is 1. The van der Waals surface area contributed by atoms with Gasteiger partial charge in [-0.05, 0) is 18.6 Å². The molecule has 0 spiro atoms.